The molecule has 0 radical (unpaired) electrons. The predicted octanol–water partition coefficient (Wildman–Crippen LogP) is 2.97. The van der Waals surface area contributed by atoms with E-state index in [1.807, 2.05) is 31.0 Å². The van der Waals surface area contributed by atoms with E-state index in [9.17, 15) is 9.18 Å². The Morgan fingerprint density at radius 2 is 1.90 bits per heavy atom. The van der Waals surface area contributed by atoms with Gasteiger partial charge in [0.1, 0.15) is 17.3 Å². The highest BCUT2D eigenvalue weighted by Crippen LogP contribution is 2.09. The van der Waals surface area contributed by atoms with Gasteiger partial charge >= 0.3 is 0 Å². The van der Waals surface area contributed by atoms with E-state index in [0.29, 0.717) is 19.5 Å². The molecular formula is C16H18FNO2. The Kier molecular flexibility index (Phi) is 4.69. The van der Waals surface area contributed by atoms with E-state index in [0.717, 1.165) is 17.1 Å². The summed E-state index contributed by atoms with van der Waals surface area (Å²) < 4.78 is 18.2. The second-order valence-corrected chi connectivity index (χ2v) is 5.03. The third kappa shape index (κ3) is 4.31. The van der Waals surface area contributed by atoms with Gasteiger partial charge in [-0.25, -0.2) is 4.39 Å². The molecule has 0 spiro atoms. The number of Topliss-reactive ketones (excluding diaryl/α,β-unsaturated/α-hetero) is 1. The fraction of sp³-hybridized carbons (Fsp3) is 0.312. The number of hydrogen-bond donors (Lipinski definition) is 0. The summed E-state index contributed by atoms with van der Waals surface area (Å²) in [5.74, 6) is 1.53. The van der Waals surface area contributed by atoms with Crippen LogP contribution in [-0.4, -0.2) is 24.3 Å². The number of carbonyl (C=O) groups excluding carboxylic acids is 1. The summed E-state index contributed by atoms with van der Waals surface area (Å²) in [6.07, 6.45) is 0.321. The zero-order valence-electron chi connectivity index (χ0n) is 11.7. The van der Waals surface area contributed by atoms with Gasteiger partial charge in [-0.15, -0.1) is 0 Å². The molecule has 106 valence electrons. The largest absolute Gasteiger partial charge is 0.465 e. The predicted molar refractivity (Wildman–Crippen MR) is 74.9 cm³/mol. The number of halogens is 1. The molecule has 0 unspecified atom stereocenters. The van der Waals surface area contributed by atoms with Gasteiger partial charge in [0, 0.05) is 6.42 Å². The van der Waals surface area contributed by atoms with Crippen LogP contribution in [0.1, 0.15) is 17.1 Å². The summed E-state index contributed by atoms with van der Waals surface area (Å²) in [5, 5.41) is 0. The second-order valence-electron chi connectivity index (χ2n) is 5.03. The average Bonchev–Trinajstić information content (AvgIpc) is 2.77. The first-order valence-corrected chi connectivity index (χ1v) is 6.53. The van der Waals surface area contributed by atoms with E-state index in [-0.39, 0.29) is 11.6 Å². The molecule has 0 saturated carbocycles. The molecular weight excluding hydrogens is 257 g/mol. The van der Waals surface area contributed by atoms with Gasteiger partial charge in [-0.05, 0) is 43.8 Å². The number of furan rings is 1. The SMILES string of the molecule is Cc1ccc(CN(C)CC(=O)Cc2ccc(F)cc2)o1. The van der Waals surface area contributed by atoms with Gasteiger partial charge in [0.05, 0.1) is 13.1 Å². The lowest BCUT2D eigenvalue weighted by atomic mass is 10.1. The third-order valence-corrected chi connectivity index (χ3v) is 2.98. The lowest BCUT2D eigenvalue weighted by Gasteiger charge is -2.14. The van der Waals surface area contributed by atoms with Gasteiger partial charge in [0.15, 0.2) is 5.78 Å². The Hall–Kier alpha value is -1.94. The molecule has 1 heterocycles. The topological polar surface area (TPSA) is 33.5 Å². The average molecular weight is 275 g/mol. The van der Waals surface area contributed by atoms with Gasteiger partial charge < -0.3 is 4.42 Å². The van der Waals surface area contributed by atoms with Crippen LogP contribution >= 0.6 is 0 Å². The van der Waals surface area contributed by atoms with Crippen molar-refractivity contribution in [2.45, 2.75) is 19.9 Å². The molecule has 3 nitrogen and oxygen atoms in total. The molecule has 0 amide bonds. The minimum absolute atomic E-state index is 0.0994. The Bertz CT molecular complexity index is 574. The van der Waals surface area contributed by atoms with Crippen LogP contribution in [0.5, 0.6) is 0 Å². The van der Waals surface area contributed by atoms with Crippen molar-refractivity contribution in [3.05, 3.63) is 59.3 Å². The van der Waals surface area contributed by atoms with Crippen molar-refractivity contribution in [1.29, 1.82) is 0 Å². The van der Waals surface area contributed by atoms with Gasteiger partial charge in [-0.3, -0.25) is 9.69 Å². The highest BCUT2D eigenvalue weighted by Gasteiger charge is 2.10. The fourth-order valence-electron chi connectivity index (χ4n) is 2.08. The first-order valence-electron chi connectivity index (χ1n) is 6.53. The van der Waals surface area contributed by atoms with Crippen LogP contribution in [0.15, 0.2) is 40.8 Å². The van der Waals surface area contributed by atoms with Crippen LogP contribution < -0.4 is 0 Å². The molecule has 0 saturated heterocycles. The van der Waals surface area contributed by atoms with Crippen LogP contribution in [-0.2, 0) is 17.8 Å². The third-order valence-electron chi connectivity index (χ3n) is 2.98. The Morgan fingerprint density at radius 1 is 1.20 bits per heavy atom. The number of aryl methyl sites for hydroxylation is 1. The molecule has 0 N–H and O–H groups in total. The maximum Gasteiger partial charge on any atom is 0.151 e. The molecule has 20 heavy (non-hydrogen) atoms. The molecule has 2 aromatic rings. The van der Waals surface area contributed by atoms with Crippen molar-refractivity contribution < 1.29 is 13.6 Å². The number of benzene rings is 1. The quantitative estimate of drug-likeness (QED) is 0.812. The van der Waals surface area contributed by atoms with Crippen LogP contribution in [0.3, 0.4) is 0 Å². The normalized spacial score (nSPS) is 11.0. The molecule has 0 atom stereocenters. The Balaban J connectivity index is 1.83. The van der Waals surface area contributed by atoms with Crippen molar-refractivity contribution >= 4 is 5.78 Å². The number of carbonyl (C=O) groups is 1. The molecule has 1 aromatic heterocycles. The Morgan fingerprint density at radius 3 is 2.50 bits per heavy atom. The van der Waals surface area contributed by atoms with Gasteiger partial charge in [-0.1, -0.05) is 12.1 Å². The molecule has 2 rings (SSSR count). The lowest BCUT2D eigenvalue weighted by molar-refractivity contribution is -0.119. The van der Waals surface area contributed by atoms with E-state index in [4.69, 9.17) is 4.42 Å². The molecule has 0 aliphatic heterocycles. The highest BCUT2D eigenvalue weighted by atomic mass is 19.1. The molecule has 0 fully saturated rings. The summed E-state index contributed by atoms with van der Waals surface area (Å²) in [5.41, 5.74) is 0.832. The zero-order valence-corrected chi connectivity index (χ0v) is 11.7. The monoisotopic (exact) mass is 275 g/mol. The van der Waals surface area contributed by atoms with E-state index < -0.39 is 0 Å². The number of rotatable bonds is 6. The summed E-state index contributed by atoms with van der Waals surface area (Å²) in [6, 6.07) is 9.85. The fourth-order valence-corrected chi connectivity index (χ4v) is 2.08. The van der Waals surface area contributed by atoms with Crippen molar-refractivity contribution in [2.24, 2.45) is 0 Å². The Labute approximate surface area is 118 Å². The van der Waals surface area contributed by atoms with Crippen LogP contribution in [0.2, 0.25) is 0 Å². The number of nitrogens with zero attached hydrogens (tertiary/aromatic N) is 1. The molecule has 0 aliphatic carbocycles. The number of likely N-dealkylation sites (N-methyl/N-ethyl adjacent to an activating group) is 1. The second kappa shape index (κ2) is 6.48. The molecule has 1 aromatic carbocycles. The van der Waals surface area contributed by atoms with Crippen LogP contribution in [0.4, 0.5) is 4.39 Å². The van der Waals surface area contributed by atoms with E-state index >= 15 is 0 Å². The van der Waals surface area contributed by atoms with Crippen LogP contribution in [0.25, 0.3) is 0 Å². The standard InChI is InChI=1S/C16H18FNO2/c1-12-3-8-16(20-12)11-18(2)10-15(19)9-13-4-6-14(17)7-5-13/h3-8H,9-11H2,1-2H3. The zero-order chi connectivity index (χ0) is 14.5. The minimum atomic E-state index is -0.286. The van der Waals surface area contributed by atoms with Crippen LogP contribution in [0, 0.1) is 12.7 Å². The van der Waals surface area contributed by atoms with E-state index in [1.54, 1.807) is 12.1 Å². The van der Waals surface area contributed by atoms with E-state index in [1.165, 1.54) is 12.1 Å². The van der Waals surface area contributed by atoms with Crippen molar-refractivity contribution in [3.63, 3.8) is 0 Å². The first kappa shape index (κ1) is 14.5. The molecule has 0 aliphatic rings. The summed E-state index contributed by atoms with van der Waals surface area (Å²) in [6.45, 7) is 2.84. The van der Waals surface area contributed by atoms with E-state index in [2.05, 4.69) is 0 Å². The van der Waals surface area contributed by atoms with Gasteiger partial charge in [0.25, 0.3) is 0 Å². The first-order chi connectivity index (χ1) is 9.52. The summed E-state index contributed by atoms with van der Waals surface area (Å²) in [4.78, 5) is 13.8. The molecule has 0 bridgehead atoms. The highest BCUT2D eigenvalue weighted by molar-refractivity contribution is 5.82. The minimum Gasteiger partial charge on any atom is -0.465 e. The summed E-state index contributed by atoms with van der Waals surface area (Å²) in [7, 11) is 1.88. The number of ketones is 1. The smallest absolute Gasteiger partial charge is 0.151 e. The van der Waals surface area contributed by atoms with Gasteiger partial charge in [0.2, 0.25) is 0 Å². The maximum atomic E-state index is 12.8. The van der Waals surface area contributed by atoms with Crippen molar-refractivity contribution in [3.8, 4) is 0 Å². The maximum absolute atomic E-state index is 12.8. The lowest BCUT2D eigenvalue weighted by Crippen LogP contribution is -2.26. The molecule has 4 heteroatoms. The van der Waals surface area contributed by atoms with Crippen molar-refractivity contribution in [2.75, 3.05) is 13.6 Å². The number of hydrogen-bond acceptors (Lipinski definition) is 3. The summed E-state index contributed by atoms with van der Waals surface area (Å²) >= 11 is 0. The van der Waals surface area contributed by atoms with Crippen molar-refractivity contribution in [1.82, 2.24) is 4.90 Å². The van der Waals surface area contributed by atoms with Gasteiger partial charge in [-0.2, -0.15) is 0 Å².